The third-order valence-electron chi connectivity index (χ3n) is 3.98. The van der Waals surface area contributed by atoms with Gasteiger partial charge in [-0.05, 0) is 24.6 Å². The van der Waals surface area contributed by atoms with E-state index in [1.54, 1.807) is 35.2 Å². The van der Waals surface area contributed by atoms with Gasteiger partial charge in [0.05, 0.1) is 10.5 Å². The number of nitrogens with two attached hydrogens (primary N) is 1. The van der Waals surface area contributed by atoms with Gasteiger partial charge in [-0.3, -0.25) is 14.9 Å². The van der Waals surface area contributed by atoms with E-state index in [1.165, 1.54) is 12.3 Å². The van der Waals surface area contributed by atoms with E-state index < -0.39 is 4.92 Å². The fourth-order valence-electron chi connectivity index (χ4n) is 2.71. The Kier molecular flexibility index (Phi) is 4.28. The maximum atomic E-state index is 12.5. The van der Waals surface area contributed by atoms with Crippen LogP contribution in [0.2, 0.25) is 0 Å². The first-order valence-electron chi connectivity index (χ1n) is 7.55. The molecule has 2 heterocycles. The standard InChI is InChI=1S/C16H17N5O3/c17-14-4-2-1-3-13(14)16(22)20-8-7-11(10-20)19-15-6-5-12(9-18-15)21(23)24/h1-6,9,11H,7-8,10,17H2,(H,18,19). The molecular weight excluding hydrogens is 310 g/mol. The number of anilines is 2. The van der Waals surface area contributed by atoms with Crippen LogP contribution in [0.25, 0.3) is 0 Å². The Bertz CT molecular complexity index is 763. The zero-order valence-corrected chi connectivity index (χ0v) is 12.9. The fourth-order valence-corrected chi connectivity index (χ4v) is 2.71. The summed E-state index contributed by atoms with van der Waals surface area (Å²) in [5, 5.41) is 13.8. The molecule has 2 aromatic rings. The number of hydrogen-bond donors (Lipinski definition) is 2. The van der Waals surface area contributed by atoms with E-state index in [1.807, 2.05) is 0 Å². The number of nitrogens with one attached hydrogen (secondary N) is 1. The summed E-state index contributed by atoms with van der Waals surface area (Å²) in [5.74, 6) is 0.466. The highest BCUT2D eigenvalue weighted by atomic mass is 16.6. The van der Waals surface area contributed by atoms with Crippen LogP contribution in [-0.4, -0.2) is 39.8 Å². The lowest BCUT2D eigenvalue weighted by Crippen LogP contribution is -2.32. The second kappa shape index (κ2) is 6.53. The summed E-state index contributed by atoms with van der Waals surface area (Å²) in [6.45, 7) is 1.16. The molecule has 1 fully saturated rings. The van der Waals surface area contributed by atoms with Gasteiger partial charge in [-0.2, -0.15) is 0 Å². The molecule has 3 N–H and O–H groups in total. The average molecular weight is 327 g/mol. The topological polar surface area (TPSA) is 114 Å². The molecule has 0 aliphatic carbocycles. The maximum Gasteiger partial charge on any atom is 0.287 e. The number of pyridine rings is 1. The van der Waals surface area contributed by atoms with Crippen LogP contribution in [0.5, 0.6) is 0 Å². The molecule has 0 saturated carbocycles. The van der Waals surface area contributed by atoms with Gasteiger partial charge in [0.1, 0.15) is 12.0 Å². The summed E-state index contributed by atoms with van der Waals surface area (Å²) in [4.78, 5) is 28.4. The number of nitrogen functional groups attached to an aromatic ring is 1. The highest BCUT2D eigenvalue weighted by molar-refractivity contribution is 5.99. The first-order chi connectivity index (χ1) is 11.5. The van der Waals surface area contributed by atoms with Crippen LogP contribution in [0, 0.1) is 10.1 Å². The van der Waals surface area contributed by atoms with Gasteiger partial charge < -0.3 is 16.0 Å². The van der Waals surface area contributed by atoms with E-state index in [9.17, 15) is 14.9 Å². The van der Waals surface area contributed by atoms with Gasteiger partial charge in [0.25, 0.3) is 11.6 Å². The molecule has 1 amide bonds. The van der Waals surface area contributed by atoms with Crippen molar-refractivity contribution < 1.29 is 9.72 Å². The predicted molar refractivity (Wildman–Crippen MR) is 89.7 cm³/mol. The minimum Gasteiger partial charge on any atom is -0.398 e. The zero-order valence-electron chi connectivity index (χ0n) is 12.9. The van der Waals surface area contributed by atoms with E-state index in [-0.39, 0.29) is 17.6 Å². The first-order valence-corrected chi connectivity index (χ1v) is 7.55. The van der Waals surface area contributed by atoms with Crippen molar-refractivity contribution in [3.05, 3.63) is 58.3 Å². The smallest absolute Gasteiger partial charge is 0.287 e. The number of aromatic nitrogens is 1. The number of nitro groups is 1. The van der Waals surface area contributed by atoms with Crippen LogP contribution in [0.1, 0.15) is 16.8 Å². The highest BCUT2D eigenvalue weighted by Gasteiger charge is 2.28. The lowest BCUT2D eigenvalue weighted by molar-refractivity contribution is -0.385. The lowest BCUT2D eigenvalue weighted by Gasteiger charge is -2.18. The molecule has 1 unspecified atom stereocenters. The molecule has 8 nitrogen and oxygen atoms in total. The molecule has 3 rings (SSSR count). The third kappa shape index (κ3) is 3.27. The van der Waals surface area contributed by atoms with Crippen LogP contribution in [0.4, 0.5) is 17.2 Å². The maximum absolute atomic E-state index is 12.5. The minimum atomic E-state index is -0.489. The summed E-state index contributed by atoms with van der Waals surface area (Å²) >= 11 is 0. The van der Waals surface area contributed by atoms with Crippen molar-refractivity contribution in [2.45, 2.75) is 12.5 Å². The number of rotatable bonds is 4. The van der Waals surface area contributed by atoms with Gasteiger partial charge in [0.2, 0.25) is 0 Å². The number of carbonyl (C=O) groups is 1. The number of para-hydroxylation sites is 1. The molecule has 1 atom stereocenters. The van der Waals surface area contributed by atoms with Crippen molar-refractivity contribution in [2.75, 3.05) is 24.1 Å². The van der Waals surface area contributed by atoms with Crippen molar-refractivity contribution in [1.29, 1.82) is 0 Å². The van der Waals surface area contributed by atoms with Crippen LogP contribution in [0.3, 0.4) is 0 Å². The number of benzene rings is 1. The molecule has 0 spiro atoms. The molecule has 1 saturated heterocycles. The highest BCUT2D eigenvalue weighted by Crippen LogP contribution is 2.20. The van der Waals surface area contributed by atoms with E-state index >= 15 is 0 Å². The van der Waals surface area contributed by atoms with Gasteiger partial charge in [-0.15, -0.1) is 0 Å². The van der Waals surface area contributed by atoms with Crippen LogP contribution >= 0.6 is 0 Å². The quantitative estimate of drug-likeness (QED) is 0.503. The van der Waals surface area contributed by atoms with Crippen molar-refractivity contribution in [2.24, 2.45) is 0 Å². The van der Waals surface area contributed by atoms with Crippen molar-refractivity contribution in [1.82, 2.24) is 9.88 Å². The van der Waals surface area contributed by atoms with Crippen molar-refractivity contribution >= 4 is 23.1 Å². The molecule has 1 aliphatic heterocycles. The monoisotopic (exact) mass is 327 g/mol. The van der Waals surface area contributed by atoms with Gasteiger partial charge >= 0.3 is 0 Å². The number of nitrogens with zero attached hydrogens (tertiary/aromatic N) is 3. The minimum absolute atomic E-state index is 0.0489. The van der Waals surface area contributed by atoms with E-state index in [0.717, 1.165) is 6.42 Å². The molecule has 1 aliphatic rings. The van der Waals surface area contributed by atoms with Crippen LogP contribution < -0.4 is 11.1 Å². The van der Waals surface area contributed by atoms with Gasteiger partial charge in [-0.1, -0.05) is 12.1 Å². The number of hydrogen-bond acceptors (Lipinski definition) is 6. The Labute approximate surface area is 138 Å². The molecule has 0 bridgehead atoms. The Morgan fingerprint density at radius 3 is 2.79 bits per heavy atom. The molecule has 0 radical (unpaired) electrons. The van der Waals surface area contributed by atoms with Gasteiger partial charge in [-0.25, -0.2) is 4.98 Å². The summed E-state index contributed by atoms with van der Waals surface area (Å²) in [5.41, 5.74) is 6.78. The Morgan fingerprint density at radius 2 is 2.12 bits per heavy atom. The lowest BCUT2D eigenvalue weighted by atomic mass is 10.1. The zero-order chi connectivity index (χ0) is 17.1. The Morgan fingerprint density at radius 1 is 1.33 bits per heavy atom. The number of likely N-dealkylation sites (tertiary alicyclic amines) is 1. The van der Waals surface area contributed by atoms with Gasteiger partial charge in [0, 0.05) is 30.9 Å². The first kappa shape index (κ1) is 15.7. The van der Waals surface area contributed by atoms with Crippen LogP contribution in [0.15, 0.2) is 42.6 Å². The SMILES string of the molecule is Nc1ccccc1C(=O)N1CCC(Nc2ccc([N+](=O)[O-])cn2)C1. The molecule has 1 aromatic heterocycles. The Hall–Kier alpha value is -3.16. The Balaban J connectivity index is 1.62. The largest absolute Gasteiger partial charge is 0.398 e. The molecule has 8 heteroatoms. The van der Waals surface area contributed by atoms with E-state index in [0.29, 0.717) is 30.2 Å². The second-order valence-corrected chi connectivity index (χ2v) is 5.63. The number of amides is 1. The predicted octanol–water partition coefficient (Wildman–Crippen LogP) is 1.90. The normalized spacial score (nSPS) is 16.8. The van der Waals surface area contributed by atoms with Crippen molar-refractivity contribution in [3.63, 3.8) is 0 Å². The number of carbonyl (C=O) groups excluding carboxylic acids is 1. The van der Waals surface area contributed by atoms with Gasteiger partial charge in [0.15, 0.2) is 0 Å². The van der Waals surface area contributed by atoms with E-state index in [2.05, 4.69) is 10.3 Å². The molecule has 24 heavy (non-hydrogen) atoms. The van der Waals surface area contributed by atoms with Crippen LogP contribution in [-0.2, 0) is 0 Å². The summed E-state index contributed by atoms with van der Waals surface area (Å²) in [6, 6.07) is 10.0. The van der Waals surface area contributed by atoms with Crippen molar-refractivity contribution in [3.8, 4) is 0 Å². The van der Waals surface area contributed by atoms with E-state index in [4.69, 9.17) is 5.73 Å². The summed E-state index contributed by atoms with van der Waals surface area (Å²) in [6.07, 6.45) is 1.99. The fraction of sp³-hybridized carbons (Fsp3) is 0.250. The third-order valence-corrected chi connectivity index (χ3v) is 3.98. The summed E-state index contributed by atoms with van der Waals surface area (Å²) < 4.78 is 0. The summed E-state index contributed by atoms with van der Waals surface area (Å²) in [7, 11) is 0. The molecule has 1 aromatic carbocycles. The second-order valence-electron chi connectivity index (χ2n) is 5.63. The molecular formula is C16H17N5O3. The molecule has 124 valence electrons. The average Bonchev–Trinajstić information content (AvgIpc) is 3.04.